The summed E-state index contributed by atoms with van der Waals surface area (Å²) in [5.41, 5.74) is -1.82. The number of nitrogens with zero attached hydrogens (tertiary/aromatic N) is 4. The summed E-state index contributed by atoms with van der Waals surface area (Å²) in [5.74, 6) is -4.00. The highest BCUT2D eigenvalue weighted by atomic mass is 35.5. The Morgan fingerprint density at radius 3 is 1.65 bits per heavy atom. The van der Waals surface area contributed by atoms with Crippen molar-refractivity contribution in [1.82, 2.24) is 18.9 Å². The van der Waals surface area contributed by atoms with E-state index < -0.39 is 67.6 Å². The Bertz CT molecular complexity index is 3160. The standard InChI is InChI=1S/C30H30ClFN2O6.C24H26ClFN2O6.2CH4.ClH/c1-33-17-30(12-19(13-30)15-39-2)34-14-21(22(35)10-8-20-9-11-23(36)24(31)25(20)32)27(37)28(26(34)29(33)38)40-16-18-6-4-3-5-7-18;1-27-12-24(8-13(9-24)11-33-2)28-10-15(21(30)22(31)20(28)23(27)32)16(29)6-4-14-5-7-17(34-3)18(25)19(14)26;;;/h3-7,9,11,14,19,36H,8,10,12-13,15-17H2,1-2H3;5,7,10,13,31H,4,6,8-9,11-12H2,1-3H3;2*1H4;1H. The zero-order valence-corrected chi connectivity index (χ0v) is 44.2. The van der Waals surface area contributed by atoms with Gasteiger partial charge in [0.1, 0.15) is 39.8 Å². The van der Waals surface area contributed by atoms with E-state index in [2.05, 4.69) is 0 Å². The van der Waals surface area contributed by atoms with Crippen molar-refractivity contribution in [2.24, 2.45) is 11.8 Å². The lowest BCUT2D eigenvalue weighted by molar-refractivity contribution is -0.0192. The van der Waals surface area contributed by atoms with Crippen LogP contribution in [0.5, 0.6) is 23.0 Å². The zero-order valence-electron chi connectivity index (χ0n) is 41.9. The summed E-state index contributed by atoms with van der Waals surface area (Å²) in [7, 11) is 7.94. The van der Waals surface area contributed by atoms with E-state index >= 15 is 0 Å². The van der Waals surface area contributed by atoms with Gasteiger partial charge in [-0.3, -0.25) is 28.8 Å². The SMILES string of the molecule is C.C.COCC1CC2(C1)CN(C)C(=O)c1c(O)c(=O)c(C(=O)CCc3ccc(OC)c(Cl)c3F)cn12.COCC1CC2(C1)CN(C)C(=O)c1c(OCc3ccccc3)c(=O)c(C(=O)CCc3ccc(O)c(Cl)c3F)cn12.Cl. The fraction of sp³-hybridized carbons (Fsp3) is 0.429. The van der Waals surface area contributed by atoms with E-state index in [0.29, 0.717) is 52.0 Å². The van der Waals surface area contributed by atoms with Crippen LogP contribution in [0, 0.1) is 23.5 Å². The van der Waals surface area contributed by atoms with Crippen LogP contribution in [0.3, 0.4) is 0 Å². The molecule has 4 heterocycles. The summed E-state index contributed by atoms with van der Waals surface area (Å²) in [6, 6.07) is 14.8. The number of phenols is 1. The Hall–Kier alpha value is -6.31. The molecule has 9 rings (SSSR count). The number of hydrogen-bond donors (Lipinski definition) is 2. The monoisotopic (exact) mass is 1130 g/mol. The lowest BCUT2D eigenvalue weighted by atomic mass is 9.67. The van der Waals surface area contributed by atoms with Crippen molar-refractivity contribution in [3.05, 3.63) is 148 Å². The number of hydrogen-bond acceptors (Lipinski definition) is 12. The van der Waals surface area contributed by atoms with Crippen LogP contribution in [-0.2, 0) is 40.0 Å². The number of halogens is 5. The highest BCUT2D eigenvalue weighted by molar-refractivity contribution is 6.32. The number of carbonyl (C=O) groups is 4. The van der Waals surface area contributed by atoms with Crippen molar-refractivity contribution in [3.8, 4) is 23.0 Å². The third kappa shape index (κ3) is 11.8. The Labute approximate surface area is 461 Å². The number of aromatic hydroxyl groups is 2. The van der Waals surface area contributed by atoms with Crippen molar-refractivity contribution in [3.63, 3.8) is 0 Å². The molecule has 3 aromatic carbocycles. The van der Waals surface area contributed by atoms with Gasteiger partial charge in [-0.2, -0.15) is 0 Å². The van der Waals surface area contributed by atoms with Gasteiger partial charge in [0.25, 0.3) is 11.8 Å². The van der Waals surface area contributed by atoms with Gasteiger partial charge in [-0.15, -0.1) is 12.4 Å². The number of carbonyl (C=O) groups excluding carboxylic acids is 4. The summed E-state index contributed by atoms with van der Waals surface area (Å²) >= 11 is 11.8. The minimum Gasteiger partial charge on any atom is -0.506 e. The number of likely N-dealkylation sites (N-methyl/N-ethyl adjacent to an activating group) is 2. The van der Waals surface area contributed by atoms with Crippen LogP contribution in [0.25, 0.3) is 0 Å². The number of rotatable bonds is 16. The number of Topliss-reactive ketones (excluding diaryl/α,β-unsaturated/α-hetero) is 2. The van der Waals surface area contributed by atoms with E-state index in [0.717, 1.165) is 5.56 Å². The van der Waals surface area contributed by atoms with Crippen molar-refractivity contribution in [1.29, 1.82) is 0 Å². The van der Waals surface area contributed by atoms with Crippen molar-refractivity contribution in [2.75, 3.05) is 61.7 Å². The van der Waals surface area contributed by atoms with Gasteiger partial charge >= 0.3 is 0 Å². The minimum atomic E-state index is -0.906. The van der Waals surface area contributed by atoms with Gasteiger partial charge in [-0.25, -0.2) is 8.78 Å². The molecule has 21 heteroatoms. The first kappa shape index (κ1) is 61.5. The maximum Gasteiger partial charge on any atom is 0.274 e. The molecule has 2 aromatic heterocycles. The number of ketones is 2. The zero-order chi connectivity index (χ0) is 53.4. The number of methoxy groups -OCH3 is 3. The first-order chi connectivity index (χ1) is 35.3. The molecule has 0 saturated heterocycles. The molecule has 2 aliphatic heterocycles. The van der Waals surface area contributed by atoms with Crippen LogP contribution < -0.4 is 20.3 Å². The Balaban J connectivity index is 0.000000277. The number of fused-ring (bicyclic) bond motifs is 4. The minimum absolute atomic E-state index is 0. The third-order valence-corrected chi connectivity index (χ3v) is 15.3. The number of phenolic OH excluding ortho intramolecular Hbond substituents is 1. The molecule has 2 saturated carbocycles. The highest BCUT2D eigenvalue weighted by Crippen LogP contribution is 2.49. The summed E-state index contributed by atoms with van der Waals surface area (Å²) in [5, 5.41) is 19.7. The molecule has 2 N–H and O–H groups in total. The van der Waals surface area contributed by atoms with Gasteiger partial charge in [-0.1, -0.05) is 80.5 Å². The topological polar surface area (TPSA) is 196 Å². The molecule has 416 valence electrons. The smallest absolute Gasteiger partial charge is 0.274 e. The van der Waals surface area contributed by atoms with Gasteiger partial charge in [0.15, 0.2) is 34.5 Å². The number of aromatic nitrogens is 2. The van der Waals surface area contributed by atoms with Gasteiger partial charge < -0.3 is 48.1 Å². The van der Waals surface area contributed by atoms with E-state index in [4.69, 9.17) is 42.1 Å². The molecule has 16 nitrogen and oxygen atoms in total. The van der Waals surface area contributed by atoms with Gasteiger partial charge in [0.2, 0.25) is 10.9 Å². The highest BCUT2D eigenvalue weighted by Gasteiger charge is 2.53. The molecule has 2 aliphatic carbocycles. The van der Waals surface area contributed by atoms with Crippen LogP contribution in [0.1, 0.15) is 112 Å². The molecular weight excluding hydrogens is 1060 g/mol. The van der Waals surface area contributed by atoms with Crippen molar-refractivity contribution < 1.29 is 57.1 Å². The van der Waals surface area contributed by atoms with Crippen LogP contribution >= 0.6 is 35.6 Å². The summed E-state index contributed by atoms with van der Waals surface area (Å²) in [6.45, 7) is 1.98. The molecule has 0 radical (unpaired) electrons. The largest absolute Gasteiger partial charge is 0.506 e. The fourth-order valence-electron chi connectivity index (χ4n) is 11.0. The molecular formula is C56H65Cl3F2N4O12. The maximum absolute atomic E-state index is 14.5. The number of amides is 2. The van der Waals surface area contributed by atoms with E-state index in [1.54, 1.807) is 42.3 Å². The van der Waals surface area contributed by atoms with E-state index in [1.165, 1.54) is 48.7 Å². The Morgan fingerprint density at radius 1 is 0.675 bits per heavy atom. The predicted molar refractivity (Wildman–Crippen MR) is 290 cm³/mol. The first-order valence-electron chi connectivity index (χ1n) is 24.0. The number of ether oxygens (including phenoxy) is 4. The van der Waals surface area contributed by atoms with E-state index in [-0.39, 0.29) is 127 Å². The molecule has 0 unspecified atom stereocenters. The molecule has 5 aromatic rings. The van der Waals surface area contributed by atoms with Crippen LogP contribution in [0.2, 0.25) is 10.0 Å². The van der Waals surface area contributed by atoms with Crippen LogP contribution in [0.4, 0.5) is 8.78 Å². The molecule has 77 heavy (non-hydrogen) atoms. The maximum atomic E-state index is 14.5. The van der Waals surface area contributed by atoms with E-state index in [1.807, 2.05) is 30.3 Å². The molecule has 2 fully saturated rings. The van der Waals surface area contributed by atoms with Crippen molar-refractivity contribution >= 4 is 59.0 Å². The first-order valence-corrected chi connectivity index (χ1v) is 24.7. The lowest BCUT2D eigenvalue weighted by Crippen LogP contribution is -2.60. The average molecular weight is 1130 g/mol. The number of benzene rings is 3. The number of pyridine rings is 2. The fourth-order valence-corrected chi connectivity index (χ4v) is 11.4. The van der Waals surface area contributed by atoms with Gasteiger partial charge in [-0.05, 0) is 79.2 Å². The lowest BCUT2D eigenvalue weighted by Gasteiger charge is -2.54. The van der Waals surface area contributed by atoms with Gasteiger partial charge in [0, 0.05) is 79.9 Å². The second-order valence-corrected chi connectivity index (χ2v) is 20.4. The predicted octanol–water partition coefficient (Wildman–Crippen LogP) is 9.28. The molecule has 0 bridgehead atoms. The average Bonchev–Trinajstić information content (AvgIpc) is 3.39. The van der Waals surface area contributed by atoms with E-state index in [9.17, 15) is 47.8 Å². The van der Waals surface area contributed by atoms with Crippen molar-refractivity contribution in [2.45, 2.75) is 83.9 Å². The molecule has 4 aliphatic rings. The number of aryl methyl sites for hydroxylation is 2. The second-order valence-electron chi connectivity index (χ2n) is 19.6. The second kappa shape index (κ2) is 25.0. The Morgan fingerprint density at radius 2 is 1.14 bits per heavy atom. The molecule has 2 spiro atoms. The molecule has 2 amide bonds. The van der Waals surface area contributed by atoms with Crippen LogP contribution in [0.15, 0.2) is 76.6 Å². The third-order valence-electron chi connectivity index (χ3n) is 14.6. The molecule has 0 atom stereocenters. The summed E-state index contributed by atoms with van der Waals surface area (Å²) in [4.78, 5) is 82.3. The van der Waals surface area contributed by atoms with Crippen LogP contribution in [-0.4, -0.2) is 114 Å². The summed E-state index contributed by atoms with van der Waals surface area (Å²) < 4.78 is 54.0. The normalized spacial score (nSPS) is 19.8. The quantitative estimate of drug-likeness (QED) is 0.0891. The van der Waals surface area contributed by atoms with Gasteiger partial charge in [0.05, 0.1) is 29.3 Å². The Kier molecular flexibility index (Phi) is 20.0. The summed E-state index contributed by atoms with van der Waals surface area (Å²) in [6.07, 6.45) is 5.23.